The van der Waals surface area contributed by atoms with Crippen molar-refractivity contribution >= 4 is 10.8 Å². The largest absolute Gasteiger partial charge is 0.492 e. The highest BCUT2D eigenvalue weighted by molar-refractivity contribution is 5.98. The number of fused-ring (bicyclic) bond motifs is 1. The van der Waals surface area contributed by atoms with Crippen LogP contribution in [0.2, 0.25) is 0 Å². The summed E-state index contributed by atoms with van der Waals surface area (Å²) in [5.74, 6) is 2.36. The zero-order chi connectivity index (χ0) is 13.1. The van der Waals surface area contributed by atoms with Crippen LogP contribution in [0, 0.1) is 0 Å². The second kappa shape index (κ2) is 5.04. The van der Waals surface area contributed by atoms with Crippen LogP contribution in [0.5, 0.6) is 23.0 Å². The molecule has 0 fully saturated rings. The molecule has 0 amide bonds. The summed E-state index contributed by atoms with van der Waals surface area (Å²) in [5.41, 5.74) is 0. The Morgan fingerprint density at radius 3 is 1.17 bits per heavy atom. The van der Waals surface area contributed by atoms with Gasteiger partial charge in [-0.15, -0.1) is 0 Å². The smallest absolute Gasteiger partial charge is 0.207 e. The lowest BCUT2D eigenvalue weighted by atomic mass is 10.1. The average Bonchev–Trinajstić information content (AvgIpc) is 2.44. The van der Waals surface area contributed by atoms with Gasteiger partial charge in [-0.1, -0.05) is 24.3 Å². The summed E-state index contributed by atoms with van der Waals surface area (Å²) in [6.07, 6.45) is 0. The average molecular weight is 248 g/mol. The molecule has 0 saturated heterocycles. The van der Waals surface area contributed by atoms with Crippen molar-refractivity contribution in [2.24, 2.45) is 0 Å². The van der Waals surface area contributed by atoms with E-state index in [-0.39, 0.29) is 0 Å². The lowest BCUT2D eigenvalue weighted by Crippen LogP contribution is -1.99. The summed E-state index contributed by atoms with van der Waals surface area (Å²) in [6, 6.07) is 7.80. The molecule has 2 rings (SSSR count). The van der Waals surface area contributed by atoms with E-state index in [9.17, 15) is 0 Å². The molecule has 0 unspecified atom stereocenters. The minimum absolute atomic E-state index is 0.538. The fraction of sp³-hybridized carbons (Fsp3) is 0.286. The molecule has 4 nitrogen and oxygen atoms in total. The van der Waals surface area contributed by atoms with Gasteiger partial charge in [-0.3, -0.25) is 0 Å². The zero-order valence-electron chi connectivity index (χ0n) is 10.9. The van der Waals surface area contributed by atoms with Gasteiger partial charge in [0.2, 0.25) is 11.5 Å². The molecule has 0 spiro atoms. The van der Waals surface area contributed by atoms with Crippen molar-refractivity contribution in [1.82, 2.24) is 0 Å². The minimum Gasteiger partial charge on any atom is -0.492 e. The Balaban J connectivity index is 2.94. The van der Waals surface area contributed by atoms with Crippen LogP contribution in [0.15, 0.2) is 24.3 Å². The molecule has 0 heterocycles. The van der Waals surface area contributed by atoms with E-state index in [1.807, 2.05) is 24.3 Å². The topological polar surface area (TPSA) is 36.9 Å². The summed E-state index contributed by atoms with van der Waals surface area (Å²) in [7, 11) is 6.37. The molecule has 0 aliphatic rings. The summed E-state index contributed by atoms with van der Waals surface area (Å²) in [6.45, 7) is 0. The quantitative estimate of drug-likeness (QED) is 0.833. The molecule has 96 valence electrons. The molecule has 4 heteroatoms. The van der Waals surface area contributed by atoms with Crippen LogP contribution >= 0.6 is 0 Å². The van der Waals surface area contributed by atoms with Gasteiger partial charge in [-0.2, -0.15) is 0 Å². The van der Waals surface area contributed by atoms with Gasteiger partial charge in [0.05, 0.1) is 28.4 Å². The Labute approximate surface area is 106 Å². The lowest BCUT2D eigenvalue weighted by Gasteiger charge is -2.18. The summed E-state index contributed by atoms with van der Waals surface area (Å²) < 4.78 is 21.6. The van der Waals surface area contributed by atoms with Gasteiger partial charge in [0.15, 0.2) is 11.5 Å². The van der Waals surface area contributed by atoms with Gasteiger partial charge < -0.3 is 18.9 Å². The molecule has 0 bridgehead atoms. The molecular weight excluding hydrogens is 232 g/mol. The molecule has 0 saturated carbocycles. The van der Waals surface area contributed by atoms with E-state index in [4.69, 9.17) is 18.9 Å². The molecule has 2 aromatic carbocycles. The number of methoxy groups -OCH3 is 4. The van der Waals surface area contributed by atoms with Crippen molar-refractivity contribution < 1.29 is 18.9 Å². The van der Waals surface area contributed by atoms with Gasteiger partial charge in [-0.25, -0.2) is 0 Å². The lowest BCUT2D eigenvalue weighted by molar-refractivity contribution is 0.309. The summed E-state index contributed by atoms with van der Waals surface area (Å²) in [5, 5.41) is 1.85. The maximum absolute atomic E-state index is 5.43. The van der Waals surface area contributed by atoms with Gasteiger partial charge in [0, 0.05) is 10.8 Å². The zero-order valence-corrected chi connectivity index (χ0v) is 10.9. The number of ether oxygens (including phenoxy) is 4. The number of rotatable bonds is 4. The Bertz CT molecular complexity index is 513. The predicted octanol–water partition coefficient (Wildman–Crippen LogP) is 2.87. The predicted molar refractivity (Wildman–Crippen MR) is 70.2 cm³/mol. The van der Waals surface area contributed by atoms with Gasteiger partial charge in [-0.05, 0) is 0 Å². The SMILES string of the molecule is COc1c(OC)c(OC)c2ccccc2c1OC. The van der Waals surface area contributed by atoms with Crippen molar-refractivity contribution in [1.29, 1.82) is 0 Å². The van der Waals surface area contributed by atoms with Crippen LogP contribution in [0.3, 0.4) is 0 Å². The second-order valence-corrected chi connectivity index (χ2v) is 3.68. The van der Waals surface area contributed by atoms with E-state index in [1.54, 1.807) is 28.4 Å². The van der Waals surface area contributed by atoms with Crippen LogP contribution < -0.4 is 18.9 Å². The normalized spacial score (nSPS) is 10.2. The van der Waals surface area contributed by atoms with Gasteiger partial charge in [0.25, 0.3) is 0 Å². The first-order chi connectivity index (χ1) is 8.78. The molecule has 0 aromatic heterocycles. The number of hydrogen-bond acceptors (Lipinski definition) is 4. The maximum atomic E-state index is 5.43. The fourth-order valence-electron chi connectivity index (χ4n) is 2.11. The van der Waals surface area contributed by atoms with Crippen LogP contribution in [0.1, 0.15) is 0 Å². The standard InChI is InChI=1S/C14H16O4/c1-15-11-9-7-5-6-8-10(9)12(16-2)14(18-4)13(11)17-3/h5-8H,1-4H3. The molecule has 0 aliphatic heterocycles. The van der Waals surface area contributed by atoms with E-state index in [1.165, 1.54) is 0 Å². The molecule has 0 aliphatic carbocycles. The third-order valence-electron chi connectivity index (χ3n) is 2.85. The summed E-state index contributed by atoms with van der Waals surface area (Å²) >= 11 is 0. The van der Waals surface area contributed by atoms with E-state index < -0.39 is 0 Å². The third kappa shape index (κ3) is 1.70. The Morgan fingerprint density at radius 1 is 0.556 bits per heavy atom. The minimum atomic E-state index is 0.538. The first-order valence-corrected chi connectivity index (χ1v) is 5.53. The molecule has 18 heavy (non-hydrogen) atoms. The van der Waals surface area contributed by atoms with E-state index in [0.717, 1.165) is 10.8 Å². The monoisotopic (exact) mass is 248 g/mol. The highest BCUT2D eigenvalue weighted by Gasteiger charge is 2.22. The highest BCUT2D eigenvalue weighted by atomic mass is 16.5. The molecule has 0 atom stereocenters. The molecule has 0 radical (unpaired) electrons. The summed E-state index contributed by atoms with van der Waals surface area (Å²) in [4.78, 5) is 0. The van der Waals surface area contributed by atoms with E-state index in [0.29, 0.717) is 23.0 Å². The van der Waals surface area contributed by atoms with Crippen LogP contribution in [0.25, 0.3) is 10.8 Å². The van der Waals surface area contributed by atoms with Crippen molar-refractivity contribution in [2.75, 3.05) is 28.4 Å². The first-order valence-electron chi connectivity index (χ1n) is 5.53. The van der Waals surface area contributed by atoms with Crippen molar-refractivity contribution in [2.45, 2.75) is 0 Å². The van der Waals surface area contributed by atoms with E-state index >= 15 is 0 Å². The number of hydrogen-bond donors (Lipinski definition) is 0. The van der Waals surface area contributed by atoms with E-state index in [2.05, 4.69) is 0 Å². The first kappa shape index (κ1) is 12.4. The molecule has 2 aromatic rings. The van der Waals surface area contributed by atoms with Gasteiger partial charge in [0.1, 0.15) is 0 Å². The van der Waals surface area contributed by atoms with Crippen molar-refractivity contribution in [3.8, 4) is 23.0 Å². The van der Waals surface area contributed by atoms with Crippen LogP contribution in [0.4, 0.5) is 0 Å². The highest BCUT2D eigenvalue weighted by Crippen LogP contribution is 2.50. The Morgan fingerprint density at radius 2 is 0.889 bits per heavy atom. The molecule has 0 N–H and O–H groups in total. The Kier molecular flexibility index (Phi) is 3.46. The van der Waals surface area contributed by atoms with Crippen LogP contribution in [-0.4, -0.2) is 28.4 Å². The van der Waals surface area contributed by atoms with Crippen LogP contribution in [-0.2, 0) is 0 Å². The second-order valence-electron chi connectivity index (χ2n) is 3.68. The maximum Gasteiger partial charge on any atom is 0.207 e. The fourth-order valence-corrected chi connectivity index (χ4v) is 2.11. The molecular formula is C14H16O4. The number of benzene rings is 2. The van der Waals surface area contributed by atoms with Crippen molar-refractivity contribution in [3.63, 3.8) is 0 Å². The van der Waals surface area contributed by atoms with Crippen molar-refractivity contribution in [3.05, 3.63) is 24.3 Å². The third-order valence-corrected chi connectivity index (χ3v) is 2.85. The Hall–Kier alpha value is -2.10. The van der Waals surface area contributed by atoms with Gasteiger partial charge >= 0.3 is 0 Å².